The second-order valence-electron chi connectivity index (χ2n) is 6.34. The largest absolute Gasteiger partial charge is 0.346 e. The lowest BCUT2D eigenvalue weighted by atomic mass is 9.87. The molecule has 0 fully saturated rings. The first-order valence-electron chi connectivity index (χ1n) is 7.23. The van der Waals surface area contributed by atoms with Gasteiger partial charge in [0.25, 0.3) is 5.91 Å². The molecule has 3 rings (SSSR count). The van der Waals surface area contributed by atoms with Gasteiger partial charge in [0.05, 0.1) is 12.2 Å². The van der Waals surface area contributed by atoms with Crippen molar-refractivity contribution in [3.05, 3.63) is 58.9 Å². The van der Waals surface area contributed by atoms with Gasteiger partial charge in [-0.2, -0.15) is 0 Å². The summed E-state index contributed by atoms with van der Waals surface area (Å²) in [5.74, 6) is -0.0724. The van der Waals surface area contributed by atoms with Gasteiger partial charge in [-0.25, -0.2) is 4.98 Å². The zero-order chi connectivity index (χ0) is 15.7. The average Bonchev–Trinajstić information content (AvgIpc) is 3.05. The van der Waals surface area contributed by atoms with Crippen molar-refractivity contribution in [2.24, 2.45) is 0 Å². The summed E-state index contributed by atoms with van der Waals surface area (Å²) < 4.78 is 1.96. The number of carbonyl (C=O) groups excluding carboxylic acids is 1. The van der Waals surface area contributed by atoms with E-state index in [1.54, 1.807) is 11.3 Å². The molecule has 2 heterocycles. The van der Waals surface area contributed by atoms with Crippen molar-refractivity contribution < 1.29 is 4.79 Å². The number of hydrogen-bond acceptors (Lipinski definition) is 3. The summed E-state index contributed by atoms with van der Waals surface area (Å²) in [4.78, 5) is 17.6. The van der Waals surface area contributed by atoms with Crippen LogP contribution in [-0.4, -0.2) is 15.3 Å². The van der Waals surface area contributed by atoms with Crippen molar-refractivity contribution in [2.45, 2.75) is 32.7 Å². The molecule has 2 aromatic heterocycles. The molecule has 5 heteroatoms. The third-order valence-corrected chi connectivity index (χ3v) is 4.36. The molecule has 0 saturated carbocycles. The summed E-state index contributed by atoms with van der Waals surface area (Å²) in [6.45, 7) is 6.92. The van der Waals surface area contributed by atoms with Crippen LogP contribution in [0.1, 0.15) is 42.4 Å². The number of hydrogen-bond donors (Lipinski definition) is 1. The number of thiazole rings is 1. The van der Waals surface area contributed by atoms with Crippen LogP contribution in [0.5, 0.6) is 0 Å². The van der Waals surface area contributed by atoms with E-state index in [1.165, 1.54) is 5.56 Å². The minimum atomic E-state index is -0.0724. The minimum Gasteiger partial charge on any atom is -0.346 e. The highest BCUT2D eigenvalue weighted by atomic mass is 32.1. The topological polar surface area (TPSA) is 46.4 Å². The van der Waals surface area contributed by atoms with Gasteiger partial charge in [-0.1, -0.05) is 32.9 Å². The van der Waals surface area contributed by atoms with Gasteiger partial charge in [-0.05, 0) is 23.1 Å². The van der Waals surface area contributed by atoms with Gasteiger partial charge in [0.15, 0.2) is 4.96 Å². The first-order valence-corrected chi connectivity index (χ1v) is 8.11. The highest BCUT2D eigenvalue weighted by Gasteiger charge is 2.14. The first kappa shape index (κ1) is 14.8. The molecule has 0 aliphatic heterocycles. The molecule has 0 aliphatic carbocycles. The van der Waals surface area contributed by atoms with E-state index in [0.29, 0.717) is 12.1 Å². The summed E-state index contributed by atoms with van der Waals surface area (Å²) in [6.07, 6.45) is 3.90. The van der Waals surface area contributed by atoms with E-state index in [2.05, 4.69) is 31.1 Å². The molecular weight excluding hydrogens is 294 g/mol. The predicted molar refractivity (Wildman–Crippen MR) is 89.4 cm³/mol. The summed E-state index contributed by atoms with van der Waals surface area (Å²) in [5.41, 5.74) is 2.86. The fourth-order valence-electron chi connectivity index (χ4n) is 2.26. The molecule has 1 amide bonds. The third-order valence-electron chi connectivity index (χ3n) is 3.59. The maximum Gasteiger partial charge on any atom is 0.251 e. The second kappa shape index (κ2) is 5.57. The molecule has 22 heavy (non-hydrogen) atoms. The van der Waals surface area contributed by atoms with Crippen LogP contribution in [0.4, 0.5) is 0 Å². The van der Waals surface area contributed by atoms with E-state index >= 15 is 0 Å². The first-order chi connectivity index (χ1) is 10.4. The van der Waals surface area contributed by atoms with Gasteiger partial charge < -0.3 is 5.32 Å². The lowest BCUT2D eigenvalue weighted by Gasteiger charge is -2.19. The molecule has 0 bridgehead atoms. The predicted octanol–water partition coefficient (Wildman–Crippen LogP) is 3.62. The number of fused-ring (bicyclic) bond motifs is 1. The highest BCUT2D eigenvalue weighted by Crippen LogP contribution is 2.22. The fraction of sp³-hybridized carbons (Fsp3) is 0.294. The summed E-state index contributed by atoms with van der Waals surface area (Å²) in [7, 11) is 0. The summed E-state index contributed by atoms with van der Waals surface area (Å²) >= 11 is 1.58. The van der Waals surface area contributed by atoms with Gasteiger partial charge in [-0.15, -0.1) is 11.3 Å². The van der Waals surface area contributed by atoms with E-state index in [4.69, 9.17) is 0 Å². The minimum absolute atomic E-state index is 0.0724. The Labute approximate surface area is 133 Å². The van der Waals surface area contributed by atoms with Crippen molar-refractivity contribution in [2.75, 3.05) is 0 Å². The van der Waals surface area contributed by atoms with Crippen LogP contribution in [0.3, 0.4) is 0 Å². The van der Waals surface area contributed by atoms with Gasteiger partial charge in [0.1, 0.15) is 0 Å². The van der Waals surface area contributed by atoms with Crippen molar-refractivity contribution in [1.29, 1.82) is 0 Å². The molecule has 0 aliphatic rings. The van der Waals surface area contributed by atoms with E-state index < -0.39 is 0 Å². The van der Waals surface area contributed by atoms with Crippen molar-refractivity contribution in [3.63, 3.8) is 0 Å². The smallest absolute Gasteiger partial charge is 0.251 e. The number of rotatable bonds is 3. The summed E-state index contributed by atoms with van der Waals surface area (Å²) in [6, 6.07) is 7.78. The van der Waals surface area contributed by atoms with E-state index in [1.807, 2.05) is 46.4 Å². The molecule has 0 atom stereocenters. The Balaban J connectivity index is 1.65. The molecule has 1 aromatic carbocycles. The molecule has 4 nitrogen and oxygen atoms in total. The average molecular weight is 313 g/mol. The molecule has 0 unspecified atom stereocenters. The molecule has 3 aromatic rings. The third kappa shape index (κ3) is 3.04. The van der Waals surface area contributed by atoms with Gasteiger partial charge >= 0.3 is 0 Å². The van der Waals surface area contributed by atoms with Crippen LogP contribution in [0, 0.1) is 0 Å². The molecule has 0 spiro atoms. The van der Waals surface area contributed by atoms with Crippen LogP contribution in [0.25, 0.3) is 4.96 Å². The van der Waals surface area contributed by atoms with Gasteiger partial charge in [-0.3, -0.25) is 9.20 Å². The maximum atomic E-state index is 12.2. The molecule has 0 radical (unpaired) electrons. The Morgan fingerprint density at radius 2 is 2.00 bits per heavy atom. The lowest BCUT2D eigenvalue weighted by molar-refractivity contribution is 0.0950. The number of nitrogens with one attached hydrogen (secondary N) is 1. The standard InChI is InChI=1S/C17H19N3OS/c1-17(2,3)13-6-4-12(5-7-13)15(21)18-10-14-11-20-8-9-22-16(20)19-14/h4-9,11H,10H2,1-3H3,(H,18,21). The van der Waals surface area contributed by atoms with Crippen LogP contribution < -0.4 is 5.32 Å². The Bertz CT molecular complexity index is 765. The van der Waals surface area contributed by atoms with Crippen molar-refractivity contribution in [1.82, 2.24) is 14.7 Å². The zero-order valence-corrected chi connectivity index (χ0v) is 13.8. The number of benzene rings is 1. The quantitative estimate of drug-likeness (QED) is 0.802. The maximum absolute atomic E-state index is 12.2. The number of nitrogens with zero attached hydrogens (tertiary/aromatic N) is 2. The van der Waals surface area contributed by atoms with Crippen LogP contribution >= 0.6 is 11.3 Å². The molecule has 0 saturated heterocycles. The number of aromatic nitrogens is 2. The fourth-order valence-corrected chi connectivity index (χ4v) is 2.97. The second-order valence-corrected chi connectivity index (χ2v) is 7.21. The Kier molecular flexibility index (Phi) is 3.74. The van der Waals surface area contributed by atoms with Crippen molar-refractivity contribution >= 4 is 22.2 Å². The zero-order valence-electron chi connectivity index (χ0n) is 13.0. The molecule has 1 N–H and O–H groups in total. The monoisotopic (exact) mass is 313 g/mol. The number of carbonyl (C=O) groups is 1. The van der Waals surface area contributed by atoms with Gasteiger partial charge in [0, 0.05) is 23.3 Å². The molecule has 114 valence electrons. The van der Waals surface area contributed by atoms with E-state index in [-0.39, 0.29) is 11.3 Å². The normalized spacial score (nSPS) is 11.8. The van der Waals surface area contributed by atoms with Crippen LogP contribution in [0.2, 0.25) is 0 Å². The highest BCUT2D eigenvalue weighted by molar-refractivity contribution is 7.15. The summed E-state index contributed by atoms with van der Waals surface area (Å²) in [5, 5.41) is 4.90. The number of imidazole rings is 1. The lowest BCUT2D eigenvalue weighted by Crippen LogP contribution is -2.23. The van der Waals surface area contributed by atoms with Crippen LogP contribution in [-0.2, 0) is 12.0 Å². The SMILES string of the molecule is CC(C)(C)c1ccc(C(=O)NCc2cn3ccsc3n2)cc1. The Hall–Kier alpha value is -2.14. The van der Waals surface area contributed by atoms with Crippen molar-refractivity contribution in [3.8, 4) is 0 Å². The number of amides is 1. The van der Waals surface area contributed by atoms with Gasteiger partial charge in [0.2, 0.25) is 0 Å². The van der Waals surface area contributed by atoms with Crippen LogP contribution in [0.15, 0.2) is 42.0 Å². The van der Waals surface area contributed by atoms with E-state index in [0.717, 1.165) is 10.7 Å². The Morgan fingerprint density at radius 3 is 2.64 bits per heavy atom. The Morgan fingerprint density at radius 1 is 1.27 bits per heavy atom. The van der Waals surface area contributed by atoms with E-state index in [9.17, 15) is 4.79 Å². The molecular formula is C17H19N3OS.